The zero-order chi connectivity index (χ0) is 47.3. The molecule has 0 radical (unpaired) electrons. The lowest BCUT2D eigenvalue weighted by molar-refractivity contribution is 0.0971. The first kappa shape index (κ1) is 49.4. The third-order valence-electron chi connectivity index (χ3n) is 11.1. The average molecular weight is 950 g/mol. The van der Waals surface area contributed by atoms with Crippen molar-refractivity contribution in [2.45, 2.75) is 52.4 Å². The molecule has 0 bridgehead atoms. The van der Waals surface area contributed by atoms with Crippen molar-refractivity contribution in [3.05, 3.63) is 107 Å². The molecule has 16 nitrogen and oxygen atoms in total. The molecule has 1 aliphatic heterocycles. The van der Waals surface area contributed by atoms with E-state index in [9.17, 15) is 36.6 Å². The highest BCUT2D eigenvalue weighted by Gasteiger charge is 2.29. The molecule has 0 atom stereocenters. The molecule has 2 heterocycles. The first-order valence-corrected chi connectivity index (χ1v) is 25.9. The number of hydrogen-bond donors (Lipinski definition) is 3. The lowest BCUT2D eigenvalue weighted by Crippen LogP contribution is -2.38. The van der Waals surface area contributed by atoms with Crippen LogP contribution in [0.25, 0.3) is 22.0 Å². The molecule has 3 N–H and O–H groups in total. The summed E-state index contributed by atoms with van der Waals surface area (Å²) in [5.41, 5.74) is 5.36. The van der Waals surface area contributed by atoms with E-state index in [1.807, 2.05) is 64.1 Å². The summed E-state index contributed by atoms with van der Waals surface area (Å²) in [6.45, 7) is 9.02. The van der Waals surface area contributed by atoms with Crippen LogP contribution >= 0.6 is 7.82 Å². The first-order chi connectivity index (χ1) is 30.6. The Morgan fingerprint density at radius 2 is 1.72 bits per heavy atom. The zero-order valence-electron chi connectivity index (χ0n) is 37.6. The number of hydrogen-bond acceptors (Lipinski definition) is 12. The average Bonchev–Trinajstić information content (AvgIpc) is 3.24. The standard InChI is InChI=1S/C46H56N5O11PS2/c1-30-10-12-33(45(53)49-39-27-35(46(2,3)4)28-40(44(39)61-6)51(65(7,58)59)17-20-62-63(54,55)56)26-37(30)32-13-15-38-34(25-32)29-47-43(48-38)24-31-11-14-36(42(23-31)60-5)41(52)9-8-16-50-18-21-64(57)22-19-50/h10-15,23,25-29H,8-9,16-22,24H2,1-7H3,(H,49,53)(H2,54,55,56). The van der Waals surface area contributed by atoms with E-state index in [-0.39, 0.29) is 22.9 Å². The van der Waals surface area contributed by atoms with Crippen molar-refractivity contribution in [1.82, 2.24) is 14.9 Å². The van der Waals surface area contributed by atoms with Gasteiger partial charge in [-0.05, 0) is 102 Å². The van der Waals surface area contributed by atoms with Gasteiger partial charge >= 0.3 is 7.82 Å². The number of amides is 1. The maximum Gasteiger partial charge on any atom is 0.469 e. The molecule has 0 unspecified atom stereocenters. The topological polar surface area (TPSA) is 215 Å². The number of benzene rings is 4. The van der Waals surface area contributed by atoms with E-state index in [0.717, 1.165) is 69.8 Å². The number of nitrogens with one attached hydrogen (secondary N) is 1. The summed E-state index contributed by atoms with van der Waals surface area (Å²) < 4.78 is 66.0. The number of ketones is 1. The fraction of sp³-hybridized carbons (Fsp3) is 0.391. The van der Waals surface area contributed by atoms with Gasteiger partial charge in [0.15, 0.2) is 11.5 Å². The highest BCUT2D eigenvalue weighted by atomic mass is 32.2. The second kappa shape index (κ2) is 20.6. The van der Waals surface area contributed by atoms with Crippen LogP contribution in [0.3, 0.4) is 0 Å². The number of rotatable bonds is 18. The van der Waals surface area contributed by atoms with Gasteiger partial charge in [0.25, 0.3) is 5.91 Å². The molecule has 1 aliphatic rings. The number of aryl methyl sites for hydroxylation is 1. The molecule has 0 saturated carbocycles. The second-order valence-electron chi connectivity index (χ2n) is 17.0. The lowest BCUT2D eigenvalue weighted by Gasteiger charge is -2.29. The van der Waals surface area contributed by atoms with Gasteiger partial charge < -0.3 is 29.5 Å². The Kier molecular flexibility index (Phi) is 15.7. The van der Waals surface area contributed by atoms with Gasteiger partial charge in [0, 0.05) is 65.4 Å². The molecule has 5 aromatic rings. The van der Waals surface area contributed by atoms with Crippen LogP contribution in [-0.2, 0) is 41.7 Å². The van der Waals surface area contributed by atoms with Crippen LogP contribution in [0.1, 0.15) is 76.8 Å². The highest BCUT2D eigenvalue weighted by Crippen LogP contribution is 2.42. The monoisotopic (exact) mass is 949 g/mol. The van der Waals surface area contributed by atoms with E-state index in [2.05, 4.69) is 19.7 Å². The Morgan fingerprint density at radius 1 is 0.985 bits per heavy atom. The molecule has 1 aromatic heterocycles. The van der Waals surface area contributed by atoms with Crippen LogP contribution in [0.5, 0.6) is 11.5 Å². The SMILES string of the molecule is COc1cc(Cc2ncc3cc(-c4cc(C(=O)Nc5cc(C(C)(C)C)cc(N(CCOP(=O)(O)O)S(C)(=O)=O)c5OC)ccc4C)ccc3n2)ccc1C(=O)CCCN1CCS(=O)CC1. The number of carbonyl (C=O) groups excluding carboxylic acids is 2. The molecule has 4 aromatic carbocycles. The van der Waals surface area contributed by atoms with Crippen molar-refractivity contribution in [1.29, 1.82) is 0 Å². The number of phosphoric ester groups is 1. The van der Waals surface area contributed by atoms with Crippen LogP contribution in [0, 0.1) is 6.92 Å². The van der Waals surface area contributed by atoms with Crippen LogP contribution in [0.15, 0.2) is 72.9 Å². The van der Waals surface area contributed by atoms with Crippen LogP contribution < -0.4 is 19.1 Å². The van der Waals surface area contributed by atoms with E-state index in [0.29, 0.717) is 52.6 Å². The summed E-state index contributed by atoms with van der Waals surface area (Å²) in [7, 11) is -6.77. The maximum absolute atomic E-state index is 14.0. The predicted octanol–water partition coefficient (Wildman–Crippen LogP) is 6.67. The van der Waals surface area contributed by atoms with Crippen molar-refractivity contribution in [2.24, 2.45) is 0 Å². The molecule has 1 fully saturated rings. The van der Waals surface area contributed by atoms with E-state index >= 15 is 0 Å². The Hall–Kier alpha value is -5.07. The molecule has 6 rings (SSSR count). The summed E-state index contributed by atoms with van der Waals surface area (Å²) in [4.78, 5) is 57.4. The molecule has 19 heteroatoms. The highest BCUT2D eigenvalue weighted by molar-refractivity contribution is 7.92. The fourth-order valence-corrected chi connectivity index (χ4v) is 9.94. The van der Waals surface area contributed by atoms with Crippen LogP contribution in [0.2, 0.25) is 0 Å². The van der Waals surface area contributed by atoms with Gasteiger partial charge in [0.05, 0.1) is 56.1 Å². The van der Waals surface area contributed by atoms with Gasteiger partial charge in [-0.2, -0.15) is 0 Å². The number of Topliss-reactive ketones (excluding diaryl/α,β-unsaturated/α-hetero) is 1. The minimum Gasteiger partial charge on any atom is -0.496 e. The van der Waals surface area contributed by atoms with E-state index < -0.39 is 53.1 Å². The minimum absolute atomic E-state index is 0.0138. The fourth-order valence-electron chi connectivity index (χ4n) is 7.60. The maximum atomic E-state index is 14.0. The summed E-state index contributed by atoms with van der Waals surface area (Å²) >= 11 is 0. The van der Waals surface area contributed by atoms with Gasteiger partial charge in [-0.15, -0.1) is 0 Å². The molecule has 0 spiro atoms. The Labute approximate surface area is 382 Å². The van der Waals surface area contributed by atoms with Crippen molar-refractivity contribution in [3.8, 4) is 22.6 Å². The minimum atomic E-state index is -4.89. The third-order valence-corrected chi connectivity index (χ3v) is 14.1. The van der Waals surface area contributed by atoms with Crippen LogP contribution in [-0.4, -0.2) is 114 Å². The van der Waals surface area contributed by atoms with Crippen molar-refractivity contribution >= 4 is 62.6 Å². The Bertz CT molecular complexity index is 2760. The van der Waals surface area contributed by atoms with Crippen LogP contribution in [0.4, 0.5) is 11.4 Å². The summed E-state index contributed by atoms with van der Waals surface area (Å²) in [5.74, 6) is 2.01. The molecule has 0 aliphatic carbocycles. The third kappa shape index (κ3) is 12.8. The summed E-state index contributed by atoms with van der Waals surface area (Å²) in [6.07, 6.45) is 4.23. The number of methoxy groups -OCH3 is 2. The van der Waals surface area contributed by atoms with E-state index in [1.165, 1.54) is 7.11 Å². The smallest absolute Gasteiger partial charge is 0.469 e. The number of carbonyl (C=O) groups is 2. The largest absolute Gasteiger partial charge is 0.496 e. The predicted molar refractivity (Wildman–Crippen MR) is 253 cm³/mol. The number of fused-ring (bicyclic) bond motifs is 1. The van der Waals surface area contributed by atoms with E-state index in [4.69, 9.17) is 14.5 Å². The van der Waals surface area contributed by atoms with Gasteiger partial charge in [-0.1, -0.05) is 39.0 Å². The zero-order valence-corrected chi connectivity index (χ0v) is 40.1. The summed E-state index contributed by atoms with van der Waals surface area (Å²) in [6, 6.07) is 19.9. The number of phosphoric acid groups is 1. The summed E-state index contributed by atoms with van der Waals surface area (Å²) in [5, 5.41) is 3.70. The molecule has 348 valence electrons. The molecule has 65 heavy (non-hydrogen) atoms. The van der Waals surface area contributed by atoms with E-state index in [1.54, 1.807) is 43.6 Å². The number of aromatic nitrogens is 2. The number of nitrogens with zero attached hydrogens (tertiary/aromatic N) is 4. The van der Waals surface area contributed by atoms with Crippen molar-refractivity contribution in [3.63, 3.8) is 0 Å². The van der Waals surface area contributed by atoms with Gasteiger partial charge in [0.2, 0.25) is 10.0 Å². The van der Waals surface area contributed by atoms with Gasteiger partial charge in [-0.3, -0.25) is 22.6 Å². The number of ether oxygens (including phenoxy) is 2. The second-order valence-corrected chi connectivity index (χ2v) is 21.8. The molecular formula is C46H56N5O11PS2. The molecular weight excluding hydrogens is 894 g/mol. The quantitative estimate of drug-likeness (QED) is 0.0619. The number of anilines is 2. The van der Waals surface area contributed by atoms with Gasteiger partial charge in [-0.25, -0.2) is 23.0 Å². The number of sulfonamides is 1. The van der Waals surface area contributed by atoms with Crippen molar-refractivity contribution in [2.75, 3.05) is 74.4 Å². The molecule has 1 saturated heterocycles. The normalized spacial score (nSPS) is 14.0. The molecule has 1 amide bonds. The van der Waals surface area contributed by atoms with Crippen molar-refractivity contribution < 1.29 is 50.6 Å². The Balaban J connectivity index is 1.20. The lowest BCUT2D eigenvalue weighted by atomic mass is 9.86. The first-order valence-electron chi connectivity index (χ1n) is 21.0. The Morgan fingerprint density at radius 3 is 2.38 bits per heavy atom. The van der Waals surface area contributed by atoms with Gasteiger partial charge in [0.1, 0.15) is 11.6 Å².